The fourth-order valence-corrected chi connectivity index (χ4v) is 4.49. The zero-order valence-corrected chi connectivity index (χ0v) is 22.4. The van der Waals surface area contributed by atoms with Crippen LogP contribution in [0.1, 0.15) is 31.5 Å². The predicted octanol–water partition coefficient (Wildman–Crippen LogP) is 0.567. The lowest BCUT2D eigenvalue weighted by Crippen LogP contribution is -2.59. The minimum Gasteiger partial charge on any atom is -0.506 e. The van der Waals surface area contributed by atoms with Crippen LogP contribution in [0.3, 0.4) is 0 Å². The summed E-state index contributed by atoms with van der Waals surface area (Å²) in [4.78, 5) is 46.1. The van der Waals surface area contributed by atoms with Gasteiger partial charge in [-0.3, -0.25) is 19.9 Å². The van der Waals surface area contributed by atoms with Crippen LogP contribution in [0.4, 0.5) is 17.6 Å². The standard InChI is InChI=1S/C26H28F4N4O8/c1-10-20(36)13(8-12-17(27)18(28)23(30)34-22(12)29)33-24(37)19(32-9-14-15(35)4-3-6-31-14)11(2)41-26(39)21(42-25(10)38)16-5-7-40-16/h3-4,6,10-11,13,16,19-21,32,35-36H,5,7-9H2,1-2H3,(H,33,37). The third kappa shape index (κ3) is 6.60. The number of aromatic nitrogens is 2. The van der Waals surface area contributed by atoms with Crippen LogP contribution in [-0.2, 0) is 41.6 Å². The van der Waals surface area contributed by atoms with Gasteiger partial charge < -0.3 is 29.7 Å². The van der Waals surface area contributed by atoms with Crippen LogP contribution in [0, 0.1) is 29.4 Å². The van der Waals surface area contributed by atoms with E-state index in [1.54, 1.807) is 0 Å². The van der Waals surface area contributed by atoms with E-state index in [-0.39, 0.29) is 24.6 Å². The summed E-state index contributed by atoms with van der Waals surface area (Å²) in [5.41, 5.74) is -0.985. The van der Waals surface area contributed by atoms with E-state index in [9.17, 15) is 42.2 Å². The molecule has 0 radical (unpaired) electrons. The molecule has 228 valence electrons. The number of aliphatic hydroxyl groups is 1. The molecule has 7 unspecified atom stereocenters. The van der Waals surface area contributed by atoms with Crippen molar-refractivity contribution in [2.45, 2.75) is 69.7 Å². The summed E-state index contributed by atoms with van der Waals surface area (Å²) in [6, 6.07) is -0.312. The Labute approximate surface area is 236 Å². The molecule has 0 saturated carbocycles. The summed E-state index contributed by atoms with van der Waals surface area (Å²) >= 11 is 0. The Morgan fingerprint density at radius 3 is 2.43 bits per heavy atom. The highest BCUT2D eigenvalue weighted by Crippen LogP contribution is 2.25. The first-order valence-corrected chi connectivity index (χ1v) is 12.9. The molecular weight excluding hydrogens is 572 g/mol. The molecule has 4 N–H and O–H groups in total. The molecule has 2 fully saturated rings. The number of cyclic esters (lactones) is 2. The zero-order valence-electron chi connectivity index (χ0n) is 22.4. The smallest absolute Gasteiger partial charge is 0.350 e. The molecule has 2 aromatic rings. The molecule has 12 nitrogen and oxygen atoms in total. The van der Waals surface area contributed by atoms with Crippen molar-refractivity contribution in [2.24, 2.45) is 5.92 Å². The number of hydrogen-bond donors (Lipinski definition) is 4. The van der Waals surface area contributed by atoms with Crippen LogP contribution in [0.2, 0.25) is 0 Å². The van der Waals surface area contributed by atoms with Crippen molar-refractivity contribution in [3.8, 4) is 5.75 Å². The van der Waals surface area contributed by atoms with E-state index in [4.69, 9.17) is 14.2 Å². The molecule has 2 aliphatic heterocycles. The SMILES string of the molecule is CC1OC(=O)C(C2CCO2)OC(=O)C(C)C(O)C(Cc2c(F)nc(F)c(F)c2F)NC(=O)C1NCc1ncccc1O. The van der Waals surface area contributed by atoms with Crippen molar-refractivity contribution in [1.29, 1.82) is 0 Å². The molecule has 2 aromatic heterocycles. The molecule has 0 bridgehead atoms. The monoisotopic (exact) mass is 600 g/mol. The number of halogens is 4. The highest BCUT2D eigenvalue weighted by molar-refractivity contribution is 5.85. The Morgan fingerprint density at radius 2 is 1.79 bits per heavy atom. The molecule has 0 aliphatic carbocycles. The number of rotatable bonds is 6. The molecule has 16 heteroatoms. The Balaban J connectivity index is 1.70. The summed E-state index contributed by atoms with van der Waals surface area (Å²) in [5.74, 6) is -12.6. The Bertz CT molecular complexity index is 1350. The number of carbonyl (C=O) groups excluding carboxylic acids is 3. The van der Waals surface area contributed by atoms with Gasteiger partial charge in [0.25, 0.3) is 5.95 Å². The highest BCUT2D eigenvalue weighted by Gasteiger charge is 2.44. The predicted molar refractivity (Wildman–Crippen MR) is 131 cm³/mol. The first-order valence-electron chi connectivity index (χ1n) is 12.9. The van der Waals surface area contributed by atoms with Crippen LogP contribution in [0.15, 0.2) is 18.3 Å². The average molecular weight is 601 g/mol. The van der Waals surface area contributed by atoms with Gasteiger partial charge in [-0.1, -0.05) is 0 Å². The maximum atomic E-state index is 14.5. The van der Waals surface area contributed by atoms with E-state index in [1.165, 1.54) is 32.2 Å². The van der Waals surface area contributed by atoms with Crippen LogP contribution in [0.5, 0.6) is 5.75 Å². The molecule has 7 atom stereocenters. The number of aliphatic hydroxyl groups excluding tert-OH is 1. The first kappa shape index (κ1) is 31.1. The van der Waals surface area contributed by atoms with E-state index in [2.05, 4.69) is 20.6 Å². The maximum Gasteiger partial charge on any atom is 0.350 e. The molecule has 1 amide bonds. The van der Waals surface area contributed by atoms with Crippen molar-refractivity contribution in [1.82, 2.24) is 20.6 Å². The van der Waals surface area contributed by atoms with Gasteiger partial charge in [-0.2, -0.15) is 18.2 Å². The Morgan fingerprint density at radius 1 is 1.07 bits per heavy atom. The summed E-state index contributed by atoms with van der Waals surface area (Å²) in [7, 11) is 0. The van der Waals surface area contributed by atoms with Gasteiger partial charge in [0.1, 0.15) is 24.0 Å². The lowest BCUT2D eigenvalue weighted by atomic mass is 9.92. The summed E-state index contributed by atoms with van der Waals surface area (Å²) in [6.07, 6.45) is -4.88. The number of aromatic hydroxyl groups is 1. The Kier molecular flexibility index (Phi) is 9.58. The van der Waals surface area contributed by atoms with Crippen molar-refractivity contribution in [2.75, 3.05) is 6.61 Å². The average Bonchev–Trinajstić information content (AvgIpc) is 2.91. The van der Waals surface area contributed by atoms with Crippen molar-refractivity contribution >= 4 is 17.8 Å². The fourth-order valence-electron chi connectivity index (χ4n) is 4.49. The number of carbonyl (C=O) groups is 3. The minimum absolute atomic E-state index is 0.117. The Hall–Kier alpha value is -3.89. The molecule has 4 heterocycles. The third-order valence-electron chi connectivity index (χ3n) is 7.09. The van der Waals surface area contributed by atoms with Crippen molar-refractivity contribution < 1.29 is 56.4 Å². The van der Waals surface area contributed by atoms with Crippen molar-refractivity contribution in [3.05, 3.63) is 53.1 Å². The number of hydrogen-bond acceptors (Lipinski definition) is 11. The normalized spacial score (nSPS) is 28.9. The van der Waals surface area contributed by atoms with E-state index >= 15 is 0 Å². The molecule has 2 saturated heterocycles. The van der Waals surface area contributed by atoms with Crippen molar-refractivity contribution in [3.63, 3.8) is 0 Å². The van der Waals surface area contributed by atoms with Crippen LogP contribution >= 0.6 is 0 Å². The number of amides is 1. The van der Waals surface area contributed by atoms with Gasteiger partial charge in [0, 0.05) is 37.8 Å². The molecule has 2 aliphatic rings. The maximum absolute atomic E-state index is 14.5. The number of pyridine rings is 2. The summed E-state index contributed by atoms with van der Waals surface area (Å²) < 4.78 is 72.4. The number of ether oxygens (including phenoxy) is 3. The highest BCUT2D eigenvalue weighted by atomic mass is 19.2. The molecular formula is C26H28F4N4O8. The van der Waals surface area contributed by atoms with Gasteiger partial charge in [-0.15, -0.1) is 0 Å². The second kappa shape index (κ2) is 13.0. The zero-order chi connectivity index (χ0) is 30.7. The van der Waals surface area contributed by atoms with E-state index in [0.29, 0.717) is 6.42 Å². The van der Waals surface area contributed by atoms with Gasteiger partial charge in [0.05, 0.1) is 23.8 Å². The van der Waals surface area contributed by atoms with Gasteiger partial charge >= 0.3 is 11.9 Å². The van der Waals surface area contributed by atoms with E-state index < -0.39 is 95.8 Å². The molecule has 0 aromatic carbocycles. The number of nitrogens with zero attached hydrogens (tertiary/aromatic N) is 2. The molecule has 0 spiro atoms. The first-order chi connectivity index (χ1) is 19.9. The topological polar surface area (TPSA) is 169 Å². The van der Waals surface area contributed by atoms with Gasteiger partial charge in [0.2, 0.25) is 23.8 Å². The lowest BCUT2D eigenvalue weighted by Gasteiger charge is -2.36. The number of nitrogens with one attached hydrogen (secondary N) is 2. The van der Waals surface area contributed by atoms with Crippen LogP contribution in [-0.4, -0.2) is 81.1 Å². The lowest BCUT2D eigenvalue weighted by molar-refractivity contribution is -0.198. The van der Waals surface area contributed by atoms with Gasteiger partial charge in [0.15, 0.2) is 5.82 Å². The molecule has 42 heavy (non-hydrogen) atoms. The largest absolute Gasteiger partial charge is 0.506 e. The number of esters is 2. The second-order valence-electron chi connectivity index (χ2n) is 9.92. The summed E-state index contributed by atoms with van der Waals surface area (Å²) in [5, 5.41) is 26.3. The molecule has 4 rings (SSSR count). The van der Waals surface area contributed by atoms with Crippen LogP contribution in [0.25, 0.3) is 0 Å². The summed E-state index contributed by atoms with van der Waals surface area (Å²) in [6.45, 7) is 2.55. The van der Waals surface area contributed by atoms with E-state index in [0.717, 1.165) is 0 Å². The fraction of sp³-hybridized carbons (Fsp3) is 0.500. The minimum atomic E-state index is -2.08. The third-order valence-corrected chi connectivity index (χ3v) is 7.09. The van der Waals surface area contributed by atoms with Gasteiger partial charge in [-0.05, 0) is 26.0 Å². The second-order valence-corrected chi connectivity index (χ2v) is 9.92. The van der Waals surface area contributed by atoms with Gasteiger partial charge in [-0.25, -0.2) is 9.18 Å². The van der Waals surface area contributed by atoms with Crippen LogP contribution < -0.4 is 10.6 Å². The van der Waals surface area contributed by atoms with E-state index in [1.807, 2.05) is 0 Å². The quantitative estimate of drug-likeness (QED) is 0.208.